The van der Waals surface area contributed by atoms with Crippen molar-refractivity contribution in [2.24, 2.45) is 0 Å². The van der Waals surface area contributed by atoms with Crippen LogP contribution in [-0.4, -0.2) is 40.4 Å². The molecular formula is C13H20N2O3. The number of aliphatic hydroxyl groups is 1. The van der Waals surface area contributed by atoms with Crippen LogP contribution >= 0.6 is 0 Å². The van der Waals surface area contributed by atoms with Crippen LogP contribution in [0.2, 0.25) is 0 Å². The van der Waals surface area contributed by atoms with Gasteiger partial charge in [-0.2, -0.15) is 0 Å². The molecule has 5 nitrogen and oxygen atoms in total. The highest BCUT2D eigenvalue weighted by Gasteiger charge is 2.17. The third-order valence-corrected chi connectivity index (χ3v) is 3.01. The standard InChI is InChI=1S/C13H20N2O3/c1-3-11(4-2)15(7-8-16)12-9-10(13(17)18)5-6-14-12/h5-6,9,11,16H,3-4,7-8H2,1-2H3,(H,17,18). The number of carboxylic acid groups (broad SMARTS) is 1. The first-order chi connectivity index (χ1) is 8.63. The number of nitrogens with zero attached hydrogens (tertiary/aromatic N) is 2. The molecule has 0 bridgehead atoms. The summed E-state index contributed by atoms with van der Waals surface area (Å²) in [6.45, 7) is 4.62. The number of rotatable bonds is 7. The maximum atomic E-state index is 10.9. The van der Waals surface area contributed by atoms with Gasteiger partial charge in [0, 0.05) is 18.8 Å². The van der Waals surface area contributed by atoms with Gasteiger partial charge < -0.3 is 15.1 Å². The zero-order valence-electron chi connectivity index (χ0n) is 10.8. The first-order valence-electron chi connectivity index (χ1n) is 6.20. The van der Waals surface area contributed by atoms with Crippen LogP contribution in [0.3, 0.4) is 0 Å². The summed E-state index contributed by atoms with van der Waals surface area (Å²) in [6.07, 6.45) is 3.34. The molecule has 2 N–H and O–H groups in total. The molecule has 0 aromatic carbocycles. The Bertz CT molecular complexity index is 392. The second kappa shape index (κ2) is 6.96. The topological polar surface area (TPSA) is 73.7 Å². The van der Waals surface area contributed by atoms with Crippen LogP contribution in [0.5, 0.6) is 0 Å². The van der Waals surface area contributed by atoms with Crippen molar-refractivity contribution in [2.75, 3.05) is 18.1 Å². The highest BCUT2D eigenvalue weighted by molar-refractivity contribution is 5.88. The molecule has 0 aliphatic heterocycles. The molecule has 0 spiro atoms. The van der Waals surface area contributed by atoms with Crippen LogP contribution in [0.15, 0.2) is 18.3 Å². The van der Waals surface area contributed by atoms with Crippen LogP contribution < -0.4 is 4.90 Å². The van der Waals surface area contributed by atoms with E-state index in [9.17, 15) is 4.79 Å². The van der Waals surface area contributed by atoms with E-state index in [1.54, 1.807) is 6.07 Å². The van der Waals surface area contributed by atoms with Crippen molar-refractivity contribution in [1.29, 1.82) is 0 Å². The fourth-order valence-corrected chi connectivity index (χ4v) is 2.03. The monoisotopic (exact) mass is 252 g/mol. The largest absolute Gasteiger partial charge is 0.478 e. The second-order valence-corrected chi connectivity index (χ2v) is 4.10. The van der Waals surface area contributed by atoms with Crippen molar-refractivity contribution in [1.82, 2.24) is 4.98 Å². The summed E-state index contributed by atoms with van der Waals surface area (Å²) in [6, 6.07) is 3.28. The average Bonchev–Trinajstić information content (AvgIpc) is 2.39. The molecule has 0 fully saturated rings. The van der Waals surface area contributed by atoms with Gasteiger partial charge in [-0.1, -0.05) is 13.8 Å². The van der Waals surface area contributed by atoms with Gasteiger partial charge in [0.1, 0.15) is 5.82 Å². The third-order valence-electron chi connectivity index (χ3n) is 3.01. The Morgan fingerprint density at radius 2 is 2.11 bits per heavy atom. The van der Waals surface area contributed by atoms with E-state index in [2.05, 4.69) is 18.8 Å². The quantitative estimate of drug-likeness (QED) is 0.773. The normalized spacial score (nSPS) is 10.7. The average molecular weight is 252 g/mol. The molecular weight excluding hydrogens is 232 g/mol. The molecule has 0 aliphatic rings. The molecule has 5 heteroatoms. The van der Waals surface area contributed by atoms with Crippen molar-refractivity contribution < 1.29 is 15.0 Å². The maximum Gasteiger partial charge on any atom is 0.335 e. The summed E-state index contributed by atoms with van der Waals surface area (Å²) in [4.78, 5) is 17.1. The number of carboxylic acids is 1. The molecule has 0 amide bonds. The minimum atomic E-state index is -0.966. The van der Waals surface area contributed by atoms with Gasteiger partial charge in [0.2, 0.25) is 0 Å². The number of anilines is 1. The zero-order chi connectivity index (χ0) is 13.5. The van der Waals surface area contributed by atoms with Crippen molar-refractivity contribution in [2.45, 2.75) is 32.7 Å². The minimum absolute atomic E-state index is 0.0233. The van der Waals surface area contributed by atoms with Gasteiger partial charge in [-0.15, -0.1) is 0 Å². The Morgan fingerprint density at radius 1 is 1.44 bits per heavy atom. The lowest BCUT2D eigenvalue weighted by atomic mass is 10.1. The lowest BCUT2D eigenvalue weighted by Crippen LogP contribution is -2.37. The first-order valence-corrected chi connectivity index (χ1v) is 6.20. The number of hydrogen-bond acceptors (Lipinski definition) is 4. The van der Waals surface area contributed by atoms with Crippen LogP contribution in [0.25, 0.3) is 0 Å². The molecule has 0 saturated carbocycles. The van der Waals surface area contributed by atoms with E-state index < -0.39 is 5.97 Å². The smallest absolute Gasteiger partial charge is 0.335 e. The summed E-state index contributed by atoms with van der Waals surface area (Å²) in [5.41, 5.74) is 0.217. The van der Waals surface area contributed by atoms with E-state index in [0.29, 0.717) is 12.4 Å². The van der Waals surface area contributed by atoms with Gasteiger partial charge in [0.05, 0.1) is 12.2 Å². The fraction of sp³-hybridized carbons (Fsp3) is 0.538. The minimum Gasteiger partial charge on any atom is -0.478 e. The first kappa shape index (κ1) is 14.4. The molecule has 100 valence electrons. The second-order valence-electron chi connectivity index (χ2n) is 4.10. The van der Waals surface area contributed by atoms with Gasteiger partial charge >= 0.3 is 5.97 Å². The van der Waals surface area contributed by atoms with Crippen LogP contribution in [-0.2, 0) is 0 Å². The van der Waals surface area contributed by atoms with Crippen molar-refractivity contribution in [3.05, 3.63) is 23.9 Å². The SMILES string of the molecule is CCC(CC)N(CCO)c1cc(C(=O)O)ccn1. The highest BCUT2D eigenvalue weighted by atomic mass is 16.4. The van der Waals surface area contributed by atoms with E-state index in [1.807, 2.05) is 4.90 Å². The number of aliphatic hydroxyl groups excluding tert-OH is 1. The summed E-state index contributed by atoms with van der Waals surface area (Å²) in [7, 11) is 0. The predicted molar refractivity (Wildman–Crippen MR) is 70.0 cm³/mol. The number of aromatic nitrogens is 1. The van der Waals surface area contributed by atoms with E-state index in [0.717, 1.165) is 12.8 Å². The Morgan fingerprint density at radius 3 is 2.61 bits per heavy atom. The molecule has 0 aliphatic carbocycles. The fourth-order valence-electron chi connectivity index (χ4n) is 2.03. The molecule has 1 heterocycles. The van der Waals surface area contributed by atoms with Gasteiger partial charge in [-0.25, -0.2) is 9.78 Å². The summed E-state index contributed by atoms with van der Waals surface area (Å²) < 4.78 is 0. The lowest BCUT2D eigenvalue weighted by Gasteiger charge is -2.31. The summed E-state index contributed by atoms with van der Waals surface area (Å²) >= 11 is 0. The van der Waals surface area contributed by atoms with E-state index >= 15 is 0 Å². The maximum absolute atomic E-state index is 10.9. The zero-order valence-corrected chi connectivity index (χ0v) is 10.8. The molecule has 0 radical (unpaired) electrons. The molecule has 1 aromatic heterocycles. The van der Waals surface area contributed by atoms with Crippen molar-refractivity contribution in [3.63, 3.8) is 0 Å². The summed E-state index contributed by atoms with van der Waals surface area (Å²) in [5, 5.41) is 18.1. The van der Waals surface area contributed by atoms with E-state index in [-0.39, 0.29) is 18.2 Å². The van der Waals surface area contributed by atoms with E-state index in [4.69, 9.17) is 10.2 Å². The highest BCUT2D eigenvalue weighted by Crippen LogP contribution is 2.19. The number of aromatic carboxylic acids is 1. The van der Waals surface area contributed by atoms with Gasteiger partial charge in [-0.05, 0) is 25.0 Å². The van der Waals surface area contributed by atoms with Crippen molar-refractivity contribution in [3.8, 4) is 0 Å². The molecule has 0 unspecified atom stereocenters. The number of carbonyl (C=O) groups is 1. The van der Waals surface area contributed by atoms with Gasteiger partial charge in [0.15, 0.2) is 0 Å². The Labute approximate surface area is 107 Å². The van der Waals surface area contributed by atoms with Gasteiger partial charge in [0.25, 0.3) is 0 Å². The Hall–Kier alpha value is -1.62. The molecule has 0 saturated heterocycles. The van der Waals surface area contributed by atoms with Gasteiger partial charge in [-0.3, -0.25) is 0 Å². The molecule has 0 atom stereocenters. The van der Waals surface area contributed by atoms with Crippen LogP contribution in [0.1, 0.15) is 37.0 Å². The molecule has 1 rings (SSSR count). The Balaban J connectivity index is 3.04. The number of hydrogen-bond donors (Lipinski definition) is 2. The Kier molecular flexibility index (Phi) is 5.58. The van der Waals surface area contributed by atoms with Crippen LogP contribution in [0.4, 0.5) is 5.82 Å². The van der Waals surface area contributed by atoms with Crippen molar-refractivity contribution >= 4 is 11.8 Å². The molecule has 18 heavy (non-hydrogen) atoms. The van der Waals surface area contributed by atoms with Crippen LogP contribution in [0, 0.1) is 0 Å². The third kappa shape index (κ3) is 3.43. The lowest BCUT2D eigenvalue weighted by molar-refractivity contribution is 0.0697. The summed E-state index contributed by atoms with van der Waals surface area (Å²) in [5.74, 6) is -0.357. The molecule has 1 aromatic rings. The predicted octanol–water partition coefficient (Wildman–Crippen LogP) is 1.77. The van der Waals surface area contributed by atoms with E-state index in [1.165, 1.54) is 12.3 Å². The number of pyridine rings is 1.